The van der Waals surface area contributed by atoms with Crippen molar-refractivity contribution in [2.45, 2.75) is 38.5 Å². The lowest BCUT2D eigenvalue weighted by atomic mass is 10.1. The largest absolute Gasteiger partial charge is 0.371 e. The average Bonchev–Trinajstić information content (AvgIpc) is 2.75. The highest BCUT2D eigenvalue weighted by Crippen LogP contribution is 2.33. The van der Waals surface area contributed by atoms with E-state index in [4.69, 9.17) is 0 Å². The van der Waals surface area contributed by atoms with E-state index in [9.17, 15) is 4.79 Å². The van der Waals surface area contributed by atoms with Crippen LogP contribution in [0.3, 0.4) is 0 Å². The number of rotatable bonds is 4. The van der Waals surface area contributed by atoms with E-state index in [1.165, 1.54) is 44.2 Å². The minimum atomic E-state index is -0.0374. The molecular formula is C23H29N3O. The van der Waals surface area contributed by atoms with Crippen LogP contribution in [0.25, 0.3) is 0 Å². The smallest absolute Gasteiger partial charge is 0.255 e. The zero-order valence-corrected chi connectivity index (χ0v) is 16.0. The molecule has 2 heterocycles. The van der Waals surface area contributed by atoms with E-state index in [1.807, 2.05) is 30.3 Å². The molecule has 1 N–H and O–H groups in total. The van der Waals surface area contributed by atoms with Crippen molar-refractivity contribution in [2.75, 3.05) is 41.3 Å². The molecule has 0 saturated carbocycles. The van der Waals surface area contributed by atoms with E-state index < -0.39 is 0 Å². The molecule has 2 saturated heterocycles. The van der Waals surface area contributed by atoms with Gasteiger partial charge in [-0.15, -0.1) is 0 Å². The van der Waals surface area contributed by atoms with Gasteiger partial charge in [0.25, 0.3) is 5.91 Å². The molecule has 2 fully saturated rings. The highest BCUT2D eigenvalue weighted by atomic mass is 16.1. The number of hydrogen-bond acceptors (Lipinski definition) is 3. The van der Waals surface area contributed by atoms with Crippen molar-refractivity contribution in [2.24, 2.45) is 0 Å². The van der Waals surface area contributed by atoms with Gasteiger partial charge in [0.15, 0.2) is 0 Å². The van der Waals surface area contributed by atoms with Crippen molar-refractivity contribution >= 4 is 23.0 Å². The number of carbonyl (C=O) groups excluding carboxylic acids is 1. The molecule has 2 aromatic carbocycles. The SMILES string of the molecule is O=C(Nc1cc(N2CCCCC2)ccc1N1CCCCC1)c1ccccc1. The third-order valence-electron chi connectivity index (χ3n) is 5.68. The highest BCUT2D eigenvalue weighted by Gasteiger charge is 2.19. The number of carbonyl (C=O) groups is 1. The van der Waals surface area contributed by atoms with E-state index in [0.717, 1.165) is 37.6 Å². The van der Waals surface area contributed by atoms with Crippen LogP contribution in [-0.2, 0) is 0 Å². The summed E-state index contributed by atoms with van der Waals surface area (Å²) >= 11 is 0. The van der Waals surface area contributed by atoms with E-state index in [0.29, 0.717) is 5.56 Å². The molecule has 0 atom stereocenters. The van der Waals surface area contributed by atoms with Crippen LogP contribution in [0.5, 0.6) is 0 Å². The Labute approximate surface area is 162 Å². The van der Waals surface area contributed by atoms with Gasteiger partial charge in [0.05, 0.1) is 11.4 Å². The van der Waals surface area contributed by atoms with Gasteiger partial charge in [-0.2, -0.15) is 0 Å². The third kappa shape index (κ3) is 4.26. The maximum atomic E-state index is 12.8. The number of nitrogens with one attached hydrogen (secondary N) is 1. The predicted molar refractivity (Wildman–Crippen MR) is 113 cm³/mol. The topological polar surface area (TPSA) is 35.6 Å². The summed E-state index contributed by atoms with van der Waals surface area (Å²) in [5.41, 5.74) is 4.01. The highest BCUT2D eigenvalue weighted by molar-refractivity contribution is 6.06. The second-order valence-electron chi connectivity index (χ2n) is 7.62. The Bertz CT molecular complexity index is 762. The molecule has 0 aliphatic carbocycles. The Morgan fingerprint density at radius 2 is 1.37 bits per heavy atom. The Morgan fingerprint density at radius 3 is 2.04 bits per heavy atom. The lowest BCUT2D eigenvalue weighted by molar-refractivity contribution is 0.102. The van der Waals surface area contributed by atoms with Crippen molar-refractivity contribution in [3.8, 4) is 0 Å². The number of nitrogens with zero attached hydrogens (tertiary/aromatic N) is 2. The summed E-state index contributed by atoms with van der Waals surface area (Å²) in [6.07, 6.45) is 7.56. The lowest BCUT2D eigenvalue weighted by Gasteiger charge is -2.33. The van der Waals surface area contributed by atoms with Gasteiger partial charge in [-0.05, 0) is 68.9 Å². The molecular weight excluding hydrogens is 334 g/mol. The van der Waals surface area contributed by atoms with Crippen LogP contribution in [0.15, 0.2) is 48.5 Å². The summed E-state index contributed by atoms with van der Waals surface area (Å²) in [4.78, 5) is 17.7. The Balaban J connectivity index is 1.62. The number of hydrogen-bond donors (Lipinski definition) is 1. The lowest BCUT2D eigenvalue weighted by Crippen LogP contribution is -2.31. The fourth-order valence-electron chi connectivity index (χ4n) is 4.17. The molecule has 0 spiro atoms. The standard InChI is InChI=1S/C23H29N3O/c27-23(19-10-4-1-5-11-19)24-21-18-20(25-14-6-2-7-15-25)12-13-22(21)26-16-8-3-9-17-26/h1,4-5,10-13,18H,2-3,6-9,14-17H2,(H,24,27). The molecule has 2 aromatic rings. The fraction of sp³-hybridized carbons (Fsp3) is 0.435. The molecule has 4 heteroatoms. The van der Waals surface area contributed by atoms with Crippen LogP contribution in [0, 0.1) is 0 Å². The van der Waals surface area contributed by atoms with E-state index in [2.05, 4.69) is 33.3 Å². The van der Waals surface area contributed by atoms with Crippen LogP contribution in [0.2, 0.25) is 0 Å². The Hall–Kier alpha value is -2.49. The van der Waals surface area contributed by atoms with Crippen LogP contribution in [0.4, 0.5) is 17.1 Å². The summed E-state index contributed by atoms with van der Waals surface area (Å²) < 4.78 is 0. The van der Waals surface area contributed by atoms with Gasteiger partial charge in [0, 0.05) is 37.4 Å². The summed E-state index contributed by atoms with van der Waals surface area (Å²) in [6, 6.07) is 16.1. The molecule has 27 heavy (non-hydrogen) atoms. The van der Waals surface area contributed by atoms with E-state index in [-0.39, 0.29) is 5.91 Å². The molecule has 4 rings (SSSR count). The normalized spacial score (nSPS) is 17.6. The Kier molecular flexibility index (Phi) is 5.61. The van der Waals surface area contributed by atoms with E-state index >= 15 is 0 Å². The van der Waals surface area contributed by atoms with Crippen LogP contribution < -0.4 is 15.1 Å². The fourth-order valence-corrected chi connectivity index (χ4v) is 4.17. The minimum Gasteiger partial charge on any atom is -0.371 e. The van der Waals surface area contributed by atoms with Crippen molar-refractivity contribution in [1.82, 2.24) is 0 Å². The zero-order valence-electron chi connectivity index (χ0n) is 16.0. The number of amides is 1. The number of piperidine rings is 2. The maximum Gasteiger partial charge on any atom is 0.255 e. The van der Waals surface area contributed by atoms with Crippen molar-refractivity contribution < 1.29 is 4.79 Å². The number of anilines is 3. The summed E-state index contributed by atoms with van der Waals surface area (Å²) in [5.74, 6) is -0.0374. The molecule has 0 aromatic heterocycles. The van der Waals surface area contributed by atoms with Gasteiger partial charge in [-0.1, -0.05) is 18.2 Å². The predicted octanol–water partition coefficient (Wildman–Crippen LogP) is 4.92. The monoisotopic (exact) mass is 363 g/mol. The zero-order chi connectivity index (χ0) is 18.5. The molecule has 1 amide bonds. The van der Waals surface area contributed by atoms with Gasteiger partial charge >= 0.3 is 0 Å². The quantitative estimate of drug-likeness (QED) is 0.837. The van der Waals surface area contributed by atoms with Gasteiger partial charge in [0.2, 0.25) is 0 Å². The van der Waals surface area contributed by atoms with Gasteiger partial charge in [-0.3, -0.25) is 4.79 Å². The molecule has 4 nitrogen and oxygen atoms in total. The molecule has 2 aliphatic heterocycles. The first kappa shape index (κ1) is 17.9. The molecule has 0 unspecified atom stereocenters. The second-order valence-corrected chi connectivity index (χ2v) is 7.62. The average molecular weight is 364 g/mol. The second kappa shape index (κ2) is 8.47. The van der Waals surface area contributed by atoms with Crippen LogP contribution >= 0.6 is 0 Å². The molecule has 0 radical (unpaired) electrons. The number of benzene rings is 2. The van der Waals surface area contributed by atoms with Crippen molar-refractivity contribution in [3.63, 3.8) is 0 Å². The summed E-state index contributed by atoms with van der Waals surface area (Å²) in [5, 5.41) is 3.20. The first-order valence-electron chi connectivity index (χ1n) is 10.3. The van der Waals surface area contributed by atoms with Gasteiger partial charge < -0.3 is 15.1 Å². The third-order valence-corrected chi connectivity index (χ3v) is 5.68. The first-order chi connectivity index (χ1) is 13.3. The molecule has 142 valence electrons. The van der Waals surface area contributed by atoms with Crippen molar-refractivity contribution in [3.05, 3.63) is 54.1 Å². The first-order valence-corrected chi connectivity index (χ1v) is 10.3. The van der Waals surface area contributed by atoms with Crippen LogP contribution in [-0.4, -0.2) is 32.1 Å². The van der Waals surface area contributed by atoms with Crippen molar-refractivity contribution in [1.29, 1.82) is 0 Å². The Morgan fingerprint density at radius 1 is 0.741 bits per heavy atom. The minimum absolute atomic E-state index is 0.0374. The van der Waals surface area contributed by atoms with Gasteiger partial charge in [0.1, 0.15) is 0 Å². The van der Waals surface area contributed by atoms with Gasteiger partial charge in [-0.25, -0.2) is 0 Å². The maximum absolute atomic E-state index is 12.8. The van der Waals surface area contributed by atoms with E-state index in [1.54, 1.807) is 0 Å². The summed E-state index contributed by atoms with van der Waals surface area (Å²) in [7, 11) is 0. The molecule has 0 bridgehead atoms. The molecule has 2 aliphatic rings. The van der Waals surface area contributed by atoms with Crippen LogP contribution in [0.1, 0.15) is 48.9 Å². The summed E-state index contributed by atoms with van der Waals surface area (Å²) in [6.45, 7) is 4.35.